The summed E-state index contributed by atoms with van der Waals surface area (Å²) in [5.74, 6) is 3.10. The Kier molecular flexibility index (Phi) is 7.34. The van der Waals surface area contributed by atoms with Crippen molar-refractivity contribution in [3.05, 3.63) is 30.1 Å². The first-order valence-electron chi connectivity index (χ1n) is 14.8. The normalized spacial score (nSPS) is 30.6. The van der Waals surface area contributed by atoms with Crippen molar-refractivity contribution in [2.75, 3.05) is 32.7 Å². The monoisotopic (exact) mass is 492 g/mol. The lowest BCUT2D eigenvalue weighted by Gasteiger charge is -2.43. The summed E-state index contributed by atoms with van der Waals surface area (Å²) < 4.78 is 2.60. The van der Waals surface area contributed by atoms with Crippen LogP contribution < -0.4 is 0 Å². The summed E-state index contributed by atoms with van der Waals surface area (Å²) in [7, 11) is 0. The standard InChI is InChI=1S/C30H44N4O2/c35-30(36)12-14-32-13-9-24(21-32)20-29-31-27-7-3-4-8-28(27)34(29)25-10-15-33(16-11-25)26-18-22-5-1-2-6-23(17-22)19-26/h3-4,7-8,22-26H,1-2,5-6,9-21H2,(H,35,36)/t22-,23+,24-,26-/m0/s1. The average molecular weight is 493 g/mol. The van der Waals surface area contributed by atoms with Crippen LogP contribution in [0, 0.1) is 17.8 Å². The highest BCUT2D eigenvalue weighted by molar-refractivity contribution is 5.76. The minimum absolute atomic E-state index is 0.242. The van der Waals surface area contributed by atoms with E-state index in [1.54, 1.807) is 0 Å². The van der Waals surface area contributed by atoms with Gasteiger partial charge in [0.25, 0.3) is 0 Å². The van der Waals surface area contributed by atoms with Crippen LogP contribution in [-0.4, -0.2) is 69.2 Å². The lowest BCUT2D eigenvalue weighted by Crippen LogP contribution is -2.45. The molecular formula is C30H44N4O2. The summed E-state index contributed by atoms with van der Waals surface area (Å²) in [5, 5.41) is 9.05. The number of aromatic nitrogens is 2. The van der Waals surface area contributed by atoms with E-state index >= 15 is 0 Å². The first kappa shape index (κ1) is 24.4. The third-order valence-electron chi connectivity index (χ3n) is 9.88. The van der Waals surface area contributed by atoms with Gasteiger partial charge in [-0.15, -0.1) is 0 Å². The van der Waals surface area contributed by atoms with Crippen LogP contribution in [-0.2, 0) is 11.2 Å². The van der Waals surface area contributed by atoms with Crippen molar-refractivity contribution in [3.63, 3.8) is 0 Å². The molecule has 2 bridgehead atoms. The Bertz CT molecular complexity index is 1030. The molecule has 2 aliphatic carbocycles. The van der Waals surface area contributed by atoms with Crippen molar-refractivity contribution in [1.82, 2.24) is 19.4 Å². The first-order chi connectivity index (χ1) is 17.6. The number of carboxylic acid groups (broad SMARTS) is 1. The Morgan fingerprint density at radius 2 is 1.67 bits per heavy atom. The number of likely N-dealkylation sites (tertiary alicyclic amines) is 2. The summed E-state index contributed by atoms with van der Waals surface area (Å²) >= 11 is 0. The molecule has 4 aliphatic rings. The molecule has 0 radical (unpaired) electrons. The predicted octanol–water partition coefficient (Wildman–Crippen LogP) is 5.37. The number of para-hydroxylation sites is 2. The Morgan fingerprint density at radius 3 is 2.42 bits per heavy atom. The fourth-order valence-electron chi connectivity index (χ4n) is 8.11. The number of rotatable bonds is 7. The van der Waals surface area contributed by atoms with Crippen molar-refractivity contribution in [2.45, 2.75) is 89.1 Å². The molecule has 0 amide bonds. The fourth-order valence-corrected chi connectivity index (χ4v) is 8.11. The zero-order valence-corrected chi connectivity index (χ0v) is 21.9. The second-order valence-electron chi connectivity index (χ2n) is 12.3. The summed E-state index contributed by atoms with van der Waals surface area (Å²) in [6.07, 6.45) is 15.1. The van der Waals surface area contributed by atoms with Crippen molar-refractivity contribution < 1.29 is 9.90 Å². The second kappa shape index (κ2) is 10.8. The molecule has 2 saturated carbocycles. The van der Waals surface area contributed by atoms with Gasteiger partial charge in [0.1, 0.15) is 5.82 Å². The maximum absolute atomic E-state index is 11.0. The molecule has 1 N–H and O–H groups in total. The Balaban J connectivity index is 1.13. The van der Waals surface area contributed by atoms with E-state index in [9.17, 15) is 4.79 Å². The molecule has 3 heterocycles. The molecular weight excluding hydrogens is 448 g/mol. The minimum Gasteiger partial charge on any atom is -0.481 e. The van der Waals surface area contributed by atoms with E-state index in [0.29, 0.717) is 18.5 Å². The van der Waals surface area contributed by atoms with Crippen molar-refractivity contribution in [3.8, 4) is 0 Å². The average Bonchev–Trinajstić information content (AvgIpc) is 3.44. The van der Waals surface area contributed by atoms with Crippen LogP contribution in [0.1, 0.15) is 82.5 Å². The third kappa shape index (κ3) is 5.35. The van der Waals surface area contributed by atoms with Crippen LogP contribution in [0.2, 0.25) is 0 Å². The van der Waals surface area contributed by atoms with E-state index in [1.807, 2.05) is 0 Å². The van der Waals surface area contributed by atoms with E-state index in [2.05, 4.69) is 38.6 Å². The highest BCUT2D eigenvalue weighted by atomic mass is 16.4. The number of piperidine rings is 1. The molecule has 196 valence electrons. The van der Waals surface area contributed by atoms with Crippen LogP contribution >= 0.6 is 0 Å². The van der Waals surface area contributed by atoms with Gasteiger partial charge in [-0.3, -0.25) is 4.79 Å². The highest BCUT2D eigenvalue weighted by Gasteiger charge is 2.36. The van der Waals surface area contributed by atoms with Gasteiger partial charge in [-0.05, 0) is 75.0 Å². The number of hydrogen-bond acceptors (Lipinski definition) is 4. The largest absolute Gasteiger partial charge is 0.481 e. The van der Waals surface area contributed by atoms with Gasteiger partial charge in [0.2, 0.25) is 0 Å². The van der Waals surface area contributed by atoms with E-state index in [4.69, 9.17) is 10.1 Å². The minimum atomic E-state index is -0.696. The van der Waals surface area contributed by atoms with Gasteiger partial charge in [-0.25, -0.2) is 4.98 Å². The number of imidazole rings is 1. The molecule has 0 spiro atoms. The van der Waals surface area contributed by atoms with Crippen LogP contribution in [0.5, 0.6) is 0 Å². The predicted molar refractivity (Wildman–Crippen MR) is 143 cm³/mol. The summed E-state index contributed by atoms with van der Waals surface area (Å²) in [6.45, 7) is 5.14. The highest BCUT2D eigenvalue weighted by Crippen LogP contribution is 2.41. The molecule has 4 fully saturated rings. The molecule has 4 atom stereocenters. The van der Waals surface area contributed by atoms with Crippen molar-refractivity contribution >= 4 is 17.0 Å². The lowest BCUT2D eigenvalue weighted by atomic mass is 9.77. The first-order valence-corrected chi connectivity index (χ1v) is 14.8. The fraction of sp³-hybridized carbons (Fsp3) is 0.733. The number of carbonyl (C=O) groups is 1. The molecule has 2 saturated heterocycles. The lowest BCUT2D eigenvalue weighted by molar-refractivity contribution is -0.137. The van der Waals surface area contributed by atoms with Crippen molar-refractivity contribution in [1.29, 1.82) is 0 Å². The van der Waals surface area contributed by atoms with Crippen LogP contribution in [0.25, 0.3) is 11.0 Å². The van der Waals surface area contributed by atoms with Gasteiger partial charge in [0.15, 0.2) is 0 Å². The van der Waals surface area contributed by atoms with Gasteiger partial charge in [0, 0.05) is 44.7 Å². The van der Waals surface area contributed by atoms with E-state index in [0.717, 1.165) is 49.3 Å². The smallest absolute Gasteiger partial charge is 0.304 e. The Hall–Kier alpha value is -1.92. The van der Waals surface area contributed by atoms with Crippen LogP contribution in [0.3, 0.4) is 0 Å². The number of aliphatic carboxylic acids is 1. The van der Waals surface area contributed by atoms with E-state index in [-0.39, 0.29) is 6.42 Å². The molecule has 1 aromatic heterocycles. The zero-order chi connectivity index (χ0) is 24.5. The van der Waals surface area contributed by atoms with Gasteiger partial charge >= 0.3 is 5.97 Å². The van der Waals surface area contributed by atoms with Gasteiger partial charge < -0.3 is 19.5 Å². The molecule has 6 heteroatoms. The summed E-state index contributed by atoms with van der Waals surface area (Å²) in [5.41, 5.74) is 2.43. The number of hydrogen-bond donors (Lipinski definition) is 1. The maximum Gasteiger partial charge on any atom is 0.304 e. The second-order valence-corrected chi connectivity index (χ2v) is 12.3. The van der Waals surface area contributed by atoms with Crippen LogP contribution in [0.4, 0.5) is 0 Å². The molecule has 6 rings (SSSR count). The third-order valence-corrected chi connectivity index (χ3v) is 9.88. The van der Waals surface area contributed by atoms with Gasteiger partial charge in [-0.1, -0.05) is 37.8 Å². The number of benzene rings is 1. The van der Waals surface area contributed by atoms with Gasteiger partial charge in [0.05, 0.1) is 17.5 Å². The topological polar surface area (TPSA) is 61.6 Å². The molecule has 0 unspecified atom stereocenters. The number of nitrogens with zero attached hydrogens (tertiary/aromatic N) is 4. The number of carboxylic acids is 1. The summed E-state index contributed by atoms with van der Waals surface area (Å²) in [4.78, 5) is 21.3. The van der Waals surface area contributed by atoms with E-state index < -0.39 is 5.97 Å². The van der Waals surface area contributed by atoms with Gasteiger partial charge in [-0.2, -0.15) is 0 Å². The molecule has 2 aliphatic heterocycles. The molecule has 6 nitrogen and oxygen atoms in total. The molecule has 2 aromatic rings. The quantitative estimate of drug-likeness (QED) is 0.563. The SMILES string of the molecule is O=C(O)CCN1CC[C@@H](Cc2nc3ccccc3n2C2CCN([C@@H]3C[C@@H]4CCCC[C@@H](C4)C3)CC2)C1. The number of fused-ring (bicyclic) bond motifs is 3. The van der Waals surface area contributed by atoms with Crippen molar-refractivity contribution in [2.24, 2.45) is 17.8 Å². The Labute approximate surface area is 216 Å². The van der Waals surface area contributed by atoms with Crippen LogP contribution in [0.15, 0.2) is 24.3 Å². The zero-order valence-electron chi connectivity index (χ0n) is 21.9. The Morgan fingerprint density at radius 1 is 0.917 bits per heavy atom. The maximum atomic E-state index is 11.0. The summed E-state index contributed by atoms with van der Waals surface area (Å²) in [6, 6.07) is 10.1. The molecule has 36 heavy (non-hydrogen) atoms. The van der Waals surface area contributed by atoms with E-state index in [1.165, 1.54) is 82.2 Å². The molecule has 1 aromatic carbocycles.